The molecule has 0 bridgehead atoms. The normalized spacial score (nSPS) is 24.5. The van der Waals surface area contributed by atoms with Crippen molar-refractivity contribution in [1.82, 2.24) is 5.32 Å². The van der Waals surface area contributed by atoms with Crippen LogP contribution in [0.3, 0.4) is 0 Å². The molecule has 2 rings (SSSR count). The Morgan fingerprint density at radius 2 is 2.12 bits per heavy atom. The van der Waals surface area contributed by atoms with Crippen molar-refractivity contribution in [3.05, 3.63) is 48.0 Å². The van der Waals surface area contributed by atoms with E-state index in [1.54, 1.807) is 0 Å². The molecule has 0 aliphatic carbocycles. The van der Waals surface area contributed by atoms with Crippen LogP contribution in [0.25, 0.3) is 0 Å². The Bertz CT molecular complexity index is 347. The molecule has 2 heteroatoms. The molecule has 1 aromatic carbocycles. The van der Waals surface area contributed by atoms with E-state index >= 15 is 0 Å². The molecule has 1 saturated heterocycles. The highest BCUT2D eigenvalue weighted by Gasteiger charge is 2.21. The minimum atomic E-state index is 0.514. The van der Waals surface area contributed by atoms with Crippen LogP contribution in [-0.4, -0.2) is 18.7 Å². The monoisotopic (exact) mass is 231 g/mol. The third-order valence-corrected chi connectivity index (χ3v) is 3.13. The largest absolute Gasteiger partial charge is 0.375 e. The first-order chi connectivity index (χ1) is 8.38. The SMILES string of the molecule is C/C=C\[C@@H]1CC[C@@H](COCc2ccccc2)N1. The van der Waals surface area contributed by atoms with E-state index in [-0.39, 0.29) is 0 Å². The highest BCUT2D eigenvalue weighted by Crippen LogP contribution is 2.14. The average Bonchev–Trinajstić information content (AvgIpc) is 2.79. The molecule has 0 amide bonds. The smallest absolute Gasteiger partial charge is 0.0717 e. The maximum Gasteiger partial charge on any atom is 0.0717 e. The van der Waals surface area contributed by atoms with Crippen LogP contribution in [0.2, 0.25) is 0 Å². The van der Waals surface area contributed by atoms with Gasteiger partial charge in [0.25, 0.3) is 0 Å². The van der Waals surface area contributed by atoms with Crippen molar-refractivity contribution < 1.29 is 4.74 Å². The molecule has 0 aromatic heterocycles. The summed E-state index contributed by atoms with van der Waals surface area (Å²) in [5.41, 5.74) is 1.25. The van der Waals surface area contributed by atoms with Crippen LogP contribution in [0.5, 0.6) is 0 Å². The highest BCUT2D eigenvalue weighted by atomic mass is 16.5. The number of nitrogens with one attached hydrogen (secondary N) is 1. The van der Waals surface area contributed by atoms with Gasteiger partial charge in [-0.15, -0.1) is 0 Å². The summed E-state index contributed by atoms with van der Waals surface area (Å²) in [6, 6.07) is 11.4. The van der Waals surface area contributed by atoms with Crippen molar-refractivity contribution in [1.29, 1.82) is 0 Å². The Hall–Kier alpha value is -1.12. The summed E-state index contributed by atoms with van der Waals surface area (Å²) in [5, 5.41) is 3.57. The van der Waals surface area contributed by atoms with Gasteiger partial charge in [0.2, 0.25) is 0 Å². The van der Waals surface area contributed by atoms with Gasteiger partial charge in [0.1, 0.15) is 0 Å². The summed E-state index contributed by atoms with van der Waals surface area (Å²) < 4.78 is 5.74. The molecule has 0 radical (unpaired) electrons. The Kier molecular flexibility index (Phi) is 4.77. The van der Waals surface area contributed by atoms with Crippen molar-refractivity contribution in [2.75, 3.05) is 6.61 Å². The lowest BCUT2D eigenvalue weighted by Crippen LogP contribution is -2.31. The fourth-order valence-corrected chi connectivity index (χ4v) is 2.26. The standard InChI is InChI=1S/C15H21NO/c1-2-6-14-9-10-15(16-14)12-17-11-13-7-4-3-5-8-13/h2-8,14-16H,9-12H2,1H3/b6-2-/t14-,15+/m1/s1. The molecule has 1 heterocycles. The molecular weight excluding hydrogens is 210 g/mol. The van der Waals surface area contributed by atoms with Crippen LogP contribution < -0.4 is 5.32 Å². The van der Waals surface area contributed by atoms with E-state index in [0.29, 0.717) is 18.7 Å². The third-order valence-electron chi connectivity index (χ3n) is 3.13. The highest BCUT2D eigenvalue weighted by molar-refractivity contribution is 5.13. The zero-order valence-electron chi connectivity index (χ0n) is 10.4. The fraction of sp³-hybridized carbons (Fsp3) is 0.467. The van der Waals surface area contributed by atoms with E-state index in [4.69, 9.17) is 4.74 Å². The number of ether oxygens (including phenoxy) is 1. The Labute approximate surface area is 104 Å². The minimum Gasteiger partial charge on any atom is -0.375 e. The van der Waals surface area contributed by atoms with Crippen molar-refractivity contribution in [2.24, 2.45) is 0 Å². The summed E-state index contributed by atoms with van der Waals surface area (Å²) in [7, 11) is 0. The molecule has 0 unspecified atom stereocenters. The Morgan fingerprint density at radius 3 is 2.88 bits per heavy atom. The molecule has 0 saturated carbocycles. The van der Waals surface area contributed by atoms with Crippen LogP contribution in [0.1, 0.15) is 25.3 Å². The molecule has 92 valence electrons. The lowest BCUT2D eigenvalue weighted by molar-refractivity contribution is 0.103. The first kappa shape index (κ1) is 12.3. The van der Waals surface area contributed by atoms with Gasteiger partial charge in [0.15, 0.2) is 0 Å². The molecule has 1 aliphatic rings. The number of allylic oxidation sites excluding steroid dienone is 1. The third kappa shape index (κ3) is 3.99. The maximum atomic E-state index is 5.74. The predicted molar refractivity (Wildman–Crippen MR) is 70.9 cm³/mol. The van der Waals surface area contributed by atoms with Crippen LogP contribution in [0.4, 0.5) is 0 Å². The van der Waals surface area contributed by atoms with Gasteiger partial charge in [-0.3, -0.25) is 0 Å². The molecular formula is C15H21NO. The molecule has 2 nitrogen and oxygen atoms in total. The second-order valence-corrected chi connectivity index (χ2v) is 4.57. The first-order valence-corrected chi connectivity index (χ1v) is 6.39. The number of rotatable bonds is 5. The molecule has 0 spiro atoms. The van der Waals surface area contributed by atoms with Gasteiger partial charge in [0, 0.05) is 12.1 Å². The summed E-state index contributed by atoms with van der Waals surface area (Å²) in [4.78, 5) is 0. The number of benzene rings is 1. The zero-order valence-corrected chi connectivity index (χ0v) is 10.4. The predicted octanol–water partition coefficient (Wildman–Crippen LogP) is 2.90. The van der Waals surface area contributed by atoms with E-state index in [9.17, 15) is 0 Å². The number of hydrogen-bond acceptors (Lipinski definition) is 2. The van der Waals surface area contributed by atoms with Crippen LogP contribution in [-0.2, 0) is 11.3 Å². The van der Waals surface area contributed by atoms with Crippen molar-refractivity contribution >= 4 is 0 Å². The summed E-state index contributed by atoms with van der Waals surface area (Å²) >= 11 is 0. The van der Waals surface area contributed by atoms with E-state index in [1.165, 1.54) is 18.4 Å². The molecule has 1 aromatic rings. The van der Waals surface area contributed by atoms with Crippen molar-refractivity contribution in [3.8, 4) is 0 Å². The van der Waals surface area contributed by atoms with Crippen LogP contribution in [0.15, 0.2) is 42.5 Å². The van der Waals surface area contributed by atoms with Gasteiger partial charge < -0.3 is 10.1 Å². The molecule has 1 fully saturated rings. The Balaban J connectivity index is 1.67. The lowest BCUT2D eigenvalue weighted by Gasteiger charge is -2.12. The Morgan fingerprint density at radius 1 is 1.29 bits per heavy atom. The van der Waals surface area contributed by atoms with Gasteiger partial charge in [-0.25, -0.2) is 0 Å². The number of hydrogen-bond donors (Lipinski definition) is 1. The van der Waals surface area contributed by atoms with Gasteiger partial charge in [-0.05, 0) is 25.3 Å². The zero-order chi connectivity index (χ0) is 11.9. The van der Waals surface area contributed by atoms with Gasteiger partial charge in [0.05, 0.1) is 13.2 Å². The quantitative estimate of drug-likeness (QED) is 0.787. The van der Waals surface area contributed by atoms with Crippen molar-refractivity contribution in [3.63, 3.8) is 0 Å². The van der Waals surface area contributed by atoms with E-state index in [2.05, 4.69) is 48.7 Å². The average molecular weight is 231 g/mol. The first-order valence-electron chi connectivity index (χ1n) is 6.39. The summed E-state index contributed by atoms with van der Waals surface area (Å²) in [6.45, 7) is 3.59. The molecule has 2 atom stereocenters. The minimum absolute atomic E-state index is 0.514. The fourth-order valence-electron chi connectivity index (χ4n) is 2.26. The topological polar surface area (TPSA) is 21.3 Å². The van der Waals surface area contributed by atoms with Crippen LogP contribution >= 0.6 is 0 Å². The van der Waals surface area contributed by atoms with Gasteiger partial charge >= 0.3 is 0 Å². The summed E-state index contributed by atoms with van der Waals surface area (Å²) in [5.74, 6) is 0. The molecule has 1 N–H and O–H groups in total. The second kappa shape index (κ2) is 6.58. The summed E-state index contributed by atoms with van der Waals surface area (Å²) in [6.07, 6.45) is 6.79. The van der Waals surface area contributed by atoms with E-state index in [0.717, 1.165) is 6.61 Å². The van der Waals surface area contributed by atoms with E-state index < -0.39 is 0 Å². The van der Waals surface area contributed by atoms with Crippen LogP contribution in [0, 0.1) is 0 Å². The van der Waals surface area contributed by atoms with Gasteiger partial charge in [-0.2, -0.15) is 0 Å². The molecule has 1 aliphatic heterocycles. The second-order valence-electron chi connectivity index (χ2n) is 4.57. The molecule has 17 heavy (non-hydrogen) atoms. The maximum absolute atomic E-state index is 5.74. The van der Waals surface area contributed by atoms with E-state index in [1.807, 2.05) is 6.07 Å². The van der Waals surface area contributed by atoms with Crippen molar-refractivity contribution in [2.45, 2.75) is 38.5 Å². The lowest BCUT2D eigenvalue weighted by atomic mass is 10.2. The van der Waals surface area contributed by atoms with Gasteiger partial charge in [-0.1, -0.05) is 42.5 Å².